The van der Waals surface area contributed by atoms with Gasteiger partial charge >= 0.3 is 0 Å². The third kappa shape index (κ3) is 2.61. The Bertz CT molecular complexity index is 915. The average molecular weight is 336 g/mol. The minimum Gasteiger partial charge on any atom is -0.331 e. The van der Waals surface area contributed by atoms with Crippen molar-refractivity contribution in [3.63, 3.8) is 0 Å². The Morgan fingerprint density at radius 2 is 2.04 bits per heavy atom. The molecule has 1 aliphatic heterocycles. The number of fused-ring (bicyclic) bond motifs is 1. The summed E-state index contributed by atoms with van der Waals surface area (Å²) < 4.78 is 0. The molecule has 3 nitrogen and oxygen atoms in total. The number of carbonyl (C=O) groups excluding carboxylic acids is 1. The summed E-state index contributed by atoms with van der Waals surface area (Å²) in [5.74, 6) is 0.110. The molecule has 1 aromatic carbocycles. The number of carbonyl (C=O) groups is 1. The number of pyridine rings is 1. The van der Waals surface area contributed by atoms with Crippen LogP contribution in [-0.4, -0.2) is 22.3 Å². The van der Waals surface area contributed by atoms with Crippen molar-refractivity contribution in [2.24, 2.45) is 0 Å². The van der Waals surface area contributed by atoms with Gasteiger partial charge in [-0.2, -0.15) is 0 Å². The highest BCUT2D eigenvalue weighted by Crippen LogP contribution is 2.37. The Hall–Kier alpha value is -2.20. The number of nitrogens with zero attached hydrogens (tertiary/aromatic N) is 2. The van der Waals surface area contributed by atoms with Crippen LogP contribution in [0.15, 0.2) is 42.5 Å². The van der Waals surface area contributed by atoms with Crippen LogP contribution in [0.3, 0.4) is 0 Å². The zero-order valence-electron chi connectivity index (χ0n) is 14.0. The van der Waals surface area contributed by atoms with Crippen LogP contribution in [0.25, 0.3) is 10.9 Å². The van der Waals surface area contributed by atoms with Gasteiger partial charge in [-0.15, -0.1) is 11.3 Å². The SMILES string of the molecule is Cc1ccc(C2CCCN2C(=O)c2cc3ccccc3nc2C)s1. The number of amides is 1. The van der Waals surface area contributed by atoms with Gasteiger partial charge in [0.05, 0.1) is 22.8 Å². The summed E-state index contributed by atoms with van der Waals surface area (Å²) in [6, 6.07) is 14.5. The lowest BCUT2D eigenvalue weighted by Crippen LogP contribution is -2.30. The first kappa shape index (κ1) is 15.3. The minimum absolute atomic E-state index is 0.110. The Kier molecular flexibility index (Phi) is 3.85. The molecule has 0 aliphatic carbocycles. The molecule has 4 heteroatoms. The summed E-state index contributed by atoms with van der Waals surface area (Å²) in [5, 5.41) is 1.02. The Morgan fingerprint density at radius 3 is 2.83 bits per heavy atom. The molecule has 1 aliphatic rings. The lowest BCUT2D eigenvalue weighted by Gasteiger charge is -2.24. The molecule has 0 N–H and O–H groups in total. The quantitative estimate of drug-likeness (QED) is 0.667. The van der Waals surface area contributed by atoms with Crippen molar-refractivity contribution in [2.45, 2.75) is 32.7 Å². The molecule has 1 saturated heterocycles. The van der Waals surface area contributed by atoms with Crippen LogP contribution < -0.4 is 0 Å². The Morgan fingerprint density at radius 1 is 1.21 bits per heavy atom. The van der Waals surface area contributed by atoms with E-state index >= 15 is 0 Å². The molecule has 122 valence electrons. The first-order chi connectivity index (χ1) is 11.6. The van der Waals surface area contributed by atoms with Crippen molar-refractivity contribution in [3.8, 4) is 0 Å². The minimum atomic E-state index is 0.110. The highest BCUT2D eigenvalue weighted by atomic mass is 32.1. The second-order valence-corrected chi connectivity index (χ2v) is 7.74. The zero-order valence-corrected chi connectivity index (χ0v) is 14.8. The van der Waals surface area contributed by atoms with Gasteiger partial charge in [-0.05, 0) is 51.0 Å². The standard InChI is InChI=1S/C20H20N2OS/c1-13-9-10-19(24-13)18-8-5-11-22(18)20(23)16-12-15-6-3-4-7-17(15)21-14(16)2/h3-4,6-7,9-10,12,18H,5,8,11H2,1-2H3. The molecule has 1 amide bonds. The normalized spacial score (nSPS) is 17.6. The van der Waals surface area contributed by atoms with E-state index in [2.05, 4.69) is 24.0 Å². The molecule has 24 heavy (non-hydrogen) atoms. The number of likely N-dealkylation sites (tertiary alicyclic amines) is 1. The van der Waals surface area contributed by atoms with Gasteiger partial charge in [0.15, 0.2) is 0 Å². The van der Waals surface area contributed by atoms with Crippen molar-refractivity contribution < 1.29 is 4.79 Å². The summed E-state index contributed by atoms with van der Waals surface area (Å²) in [5.41, 5.74) is 2.49. The molecule has 1 atom stereocenters. The van der Waals surface area contributed by atoms with Crippen LogP contribution in [0.4, 0.5) is 0 Å². The average Bonchev–Trinajstić information content (AvgIpc) is 3.22. The fraction of sp³-hybridized carbons (Fsp3) is 0.300. The number of benzene rings is 1. The number of thiophene rings is 1. The molecule has 0 saturated carbocycles. The number of hydrogen-bond donors (Lipinski definition) is 0. The van der Waals surface area contributed by atoms with Gasteiger partial charge in [0, 0.05) is 21.7 Å². The Labute approximate surface area is 146 Å². The van der Waals surface area contributed by atoms with Crippen LogP contribution in [0, 0.1) is 13.8 Å². The molecule has 1 fully saturated rings. The summed E-state index contributed by atoms with van der Waals surface area (Å²) >= 11 is 1.80. The van der Waals surface area contributed by atoms with E-state index in [4.69, 9.17) is 0 Å². The maximum Gasteiger partial charge on any atom is 0.256 e. The summed E-state index contributed by atoms with van der Waals surface area (Å²) in [6.07, 6.45) is 2.11. The van der Waals surface area contributed by atoms with Crippen molar-refractivity contribution in [3.05, 3.63) is 63.5 Å². The van der Waals surface area contributed by atoms with E-state index in [1.54, 1.807) is 11.3 Å². The van der Waals surface area contributed by atoms with Gasteiger partial charge in [-0.3, -0.25) is 9.78 Å². The number of hydrogen-bond acceptors (Lipinski definition) is 3. The van der Waals surface area contributed by atoms with Crippen LogP contribution in [-0.2, 0) is 0 Å². The summed E-state index contributed by atoms with van der Waals surface area (Å²) in [6.45, 7) is 4.87. The summed E-state index contributed by atoms with van der Waals surface area (Å²) in [7, 11) is 0. The van der Waals surface area contributed by atoms with E-state index in [9.17, 15) is 4.79 Å². The van der Waals surface area contributed by atoms with Crippen LogP contribution in [0.2, 0.25) is 0 Å². The number of aryl methyl sites for hydroxylation is 2. The van der Waals surface area contributed by atoms with E-state index < -0.39 is 0 Å². The second kappa shape index (κ2) is 6.02. The van der Waals surface area contributed by atoms with Gasteiger partial charge in [0.25, 0.3) is 5.91 Å². The van der Waals surface area contributed by atoms with Gasteiger partial charge < -0.3 is 4.90 Å². The molecule has 3 heterocycles. The van der Waals surface area contributed by atoms with Gasteiger partial charge in [0.2, 0.25) is 0 Å². The van der Waals surface area contributed by atoms with Crippen LogP contribution in [0.1, 0.15) is 44.7 Å². The number of aromatic nitrogens is 1. The van der Waals surface area contributed by atoms with Crippen LogP contribution in [0.5, 0.6) is 0 Å². The lowest BCUT2D eigenvalue weighted by molar-refractivity contribution is 0.0737. The number of para-hydroxylation sites is 1. The van der Waals surface area contributed by atoms with E-state index in [1.165, 1.54) is 9.75 Å². The third-order valence-electron chi connectivity index (χ3n) is 4.75. The lowest BCUT2D eigenvalue weighted by atomic mass is 10.1. The molecule has 0 bridgehead atoms. The number of rotatable bonds is 2. The van der Waals surface area contributed by atoms with E-state index in [0.29, 0.717) is 0 Å². The highest BCUT2D eigenvalue weighted by molar-refractivity contribution is 7.12. The molecule has 4 rings (SSSR count). The largest absolute Gasteiger partial charge is 0.331 e. The third-order valence-corrected chi connectivity index (χ3v) is 5.85. The molecular weight excluding hydrogens is 316 g/mol. The monoisotopic (exact) mass is 336 g/mol. The fourth-order valence-electron chi connectivity index (χ4n) is 3.52. The van der Waals surface area contributed by atoms with Gasteiger partial charge in [-0.1, -0.05) is 18.2 Å². The van der Waals surface area contributed by atoms with E-state index in [-0.39, 0.29) is 11.9 Å². The molecule has 0 spiro atoms. The zero-order chi connectivity index (χ0) is 16.7. The first-order valence-corrected chi connectivity index (χ1v) is 9.19. The molecular formula is C20H20N2OS. The molecule has 3 aromatic rings. The molecule has 1 unspecified atom stereocenters. The van der Waals surface area contributed by atoms with Crippen molar-refractivity contribution in [1.82, 2.24) is 9.88 Å². The maximum absolute atomic E-state index is 13.2. The second-order valence-electron chi connectivity index (χ2n) is 6.42. The van der Waals surface area contributed by atoms with Crippen molar-refractivity contribution >= 4 is 28.1 Å². The van der Waals surface area contributed by atoms with Crippen LogP contribution >= 0.6 is 11.3 Å². The molecule has 0 radical (unpaired) electrons. The van der Waals surface area contributed by atoms with Gasteiger partial charge in [-0.25, -0.2) is 0 Å². The van der Waals surface area contributed by atoms with Crippen molar-refractivity contribution in [2.75, 3.05) is 6.54 Å². The maximum atomic E-state index is 13.2. The Balaban J connectivity index is 1.71. The topological polar surface area (TPSA) is 33.2 Å². The fourth-order valence-corrected chi connectivity index (χ4v) is 4.55. The predicted octanol–water partition coefficient (Wildman–Crippen LogP) is 4.89. The van der Waals surface area contributed by atoms with E-state index in [1.807, 2.05) is 42.2 Å². The first-order valence-electron chi connectivity index (χ1n) is 8.37. The molecule has 2 aromatic heterocycles. The van der Waals surface area contributed by atoms with Crippen molar-refractivity contribution in [1.29, 1.82) is 0 Å². The smallest absolute Gasteiger partial charge is 0.256 e. The highest BCUT2D eigenvalue weighted by Gasteiger charge is 2.32. The predicted molar refractivity (Wildman–Crippen MR) is 98.5 cm³/mol. The van der Waals surface area contributed by atoms with Gasteiger partial charge in [0.1, 0.15) is 0 Å². The summed E-state index contributed by atoms with van der Waals surface area (Å²) in [4.78, 5) is 22.4. The van der Waals surface area contributed by atoms with E-state index in [0.717, 1.165) is 41.5 Å².